The predicted molar refractivity (Wildman–Crippen MR) is 101 cm³/mol. The zero-order chi connectivity index (χ0) is 18.8. The van der Waals surface area contributed by atoms with Crippen LogP contribution in [0.4, 0.5) is 10.2 Å². The number of amides is 1. The summed E-state index contributed by atoms with van der Waals surface area (Å²) in [6.07, 6.45) is 3.88. The van der Waals surface area contributed by atoms with Gasteiger partial charge in [0, 0.05) is 44.6 Å². The second kappa shape index (κ2) is 7.19. The molecule has 0 unspecified atom stereocenters. The van der Waals surface area contributed by atoms with Crippen molar-refractivity contribution >= 4 is 11.7 Å². The first kappa shape index (κ1) is 17.2. The largest absolute Gasteiger partial charge is 0.353 e. The number of nitrogens with zero attached hydrogens (tertiary/aromatic N) is 5. The summed E-state index contributed by atoms with van der Waals surface area (Å²) in [7, 11) is 0. The summed E-state index contributed by atoms with van der Waals surface area (Å²) >= 11 is 0. The van der Waals surface area contributed by atoms with Crippen molar-refractivity contribution in [3.05, 3.63) is 72.1 Å². The number of halogens is 1. The third-order valence-electron chi connectivity index (χ3n) is 4.68. The number of benzene rings is 1. The van der Waals surface area contributed by atoms with Gasteiger partial charge in [-0.25, -0.2) is 14.4 Å². The van der Waals surface area contributed by atoms with E-state index >= 15 is 0 Å². The standard InChI is InChI=1S/C20H20FN5O/c1-15-22-18(24-8-4-5-9-24)14-19(23-15)25-10-12-26(13-11-25)20(27)16-6-2-3-7-17(16)21/h2-9,14H,10-13H2,1H3. The SMILES string of the molecule is Cc1nc(N2CCN(C(=O)c3ccccc3F)CC2)cc(-n2cccc2)n1. The number of carbonyl (C=O) groups excluding carboxylic acids is 1. The van der Waals surface area contributed by atoms with Crippen molar-refractivity contribution in [2.45, 2.75) is 6.92 Å². The monoisotopic (exact) mass is 365 g/mol. The van der Waals surface area contributed by atoms with Gasteiger partial charge in [0.25, 0.3) is 5.91 Å². The molecule has 7 heteroatoms. The fraction of sp³-hybridized carbons (Fsp3) is 0.250. The molecule has 0 atom stereocenters. The third-order valence-corrected chi connectivity index (χ3v) is 4.68. The maximum Gasteiger partial charge on any atom is 0.256 e. The number of anilines is 1. The van der Waals surface area contributed by atoms with E-state index < -0.39 is 5.82 Å². The molecule has 0 bridgehead atoms. The van der Waals surface area contributed by atoms with E-state index in [2.05, 4.69) is 14.9 Å². The van der Waals surface area contributed by atoms with Gasteiger partial charge in [0.15, 0.2) is 0 Å². The maximum absolute atomic E-state index is 13.9. The molecule has 6 nitrogen and oxygen atoms in total. The van der Waals surface area contributed by atoms with Gasteiger partial charge < -0.3 is 14.4 Å². The molecule has 2 aromatic heterocycles. The van der Waals surface area contributed by atoms with Crippen molar-refractivity contribution in [3.8, 4) is 5.82 Å². The molecule has 1 aromatic carbocycles. The van der Waals surface area contributed by atoms with Crippen molar-refractivity contribution in [1.29, 1.82) is 0 Å². The number of rotatable bonds is 3. The van der Waals surface area contributed by atoms with Gasteiger partial charge in [0.1, 0.15) is 23.3 Å². The van der Waals surface area contributed by atoms with Crippen molar-refractivity contribution in [2.75, 3.05) is 31.1 Å². The van der Waals surface area contributed by atoms with Gasteiger partial charge in [-0.05, 0) is 31.2 Å². The average molecular weight is 365 g/mol. The fourth-order valence-corrected chi connectivity index (χ4v) is 3.26. The lowest BCUT2D eigenvalue weighted by atomic mass is 10.1. The summed E-state index contributed by atoms with van der Waals surface area (Å²) < 4.78 is 15.8. The number of aryl methyl sites for hydroxylation is 1. The summed E-state index contributed by atoms with van der Waals surface area (Å²) in [6.45, 7) is 4.20. The molecule has 0 N–H and O–H groups in total. The molecule has 1 aliphatic rings. The molecule has 4 rings (SSSR count). The molecular formula is C20H20FN5O. The van der Waals surface area contributed by atoms with Crippen LogP contribution in [0, 0.1) is 12.7 Å². The number of aromatic nitrogens is 3. The molecule has 1 saturated heterocycles. The molecule has 0 saturated carbocycles. The van der Waals surface area contributed by atoms with Crippen LogP contribution in [0.2, 0.25) is 0 Å². The van der Waals surface area contributed by atoms with Gasteiger partial charge in [0.05, 0.1) is 5.56 Å². The smallest absolute Gasteiger partial charge is 0.256 e. The highest BCUT2D eigenvalue weighted by atomic mass is 19.1. The van der Waals surface area contributed by atoms with Crippen LogP contribution in [0.1, 0.15) is 16.2 Å². The lowest BCUT2D eigenvalue weighted by Crippen LogP contribution is -2.49. The van der Waals surface area contributed by atoms with Crippen LogP contribution in [0.3, 0.4) is 0 Å². The molecule has 0 aliphatic carbocycles. The van der Waals surface area contributed by atoms with Gasteiger partial charge in [0.2, 0.25) is 0 Å². The van der Waals surface area contributed by atoms with Crippen LogP contribution in [-0.2, 0) is 0 Å². The zero-order valence-electron chi connectivity index (χ0n) is 15.0. The van der Waals surface area contributed by atoms with E-state index in [-0.39, 0.29) is 11.5 Å². The molecule has 0 spiro atoms. The van der Waals surface area contributed by atoms with Gasteiger partial charge in [-0.15, -0.1) is 0 Å². The summed E-state index contributed by atoms with van der Waals surface area (Å²) in [4.78, 5) is 25.4. The highest BCUT2D eigenvalue weighted by molar-refractivity contribution is 5.94. The first-order valence-electron chi connectivity index (χ1n) is 8.89. The summed E-state index contributed by atoms with van der Waals surface area (Å²) in [5.74, 6) is 1.60. The van der Waals surface area contributed by atoms with Crippen LogP contribution >= 0.6 is 0 Å². The van der Waals surface area contributed by atoms with Crippen LogP contribution in [0.25, 0.3) is 5.82 Å². The minimum Gasteiger partial charge on any atom is -0.353 e. The second-order valence-corrected chi connectivity index (χ2v) is 6.48. The average Bonchev–Trinajstić information content (AvgIpc) is 3.22. The first-order chi connectivity index (χ1) is 13.1. The Hall–Kier alpha value is -3.22. The van der Waals surface area contributed by atoms with Gasteiger partial charge in [-0.2, -0.15) is 0 Å². The van der Waals surface area contributed by atoms with Crippen LogP contribution in [0.5, 0.6) is 0 Å². The molecule has 3 heterocycles. The predicted octanol–water partition coefficient (Wildman–Crippen LogP) is 2.68. The fourth-order valence-electron chi connectivity index (χ4n) is 3.26. The van der Waals surface area contributed by atoms with E-state index in [1.807, 2.05) is 42.1 Å². The Labute approximate surface area is 156 Å². The van der Waals surface area contributed by atoms with Crippen LogP contribution < -0.4 is 4.90 Å². The molecule has 138 valence electrons. The minimum atomic E-state index is -0.479. The van der Waals surface area contributed by atoms with Crippen molar-refractivity contribution in [3.63, 3.8) is 0 Å². The summed E-state index contributed by atoms with van der Waals surface area (Å²) in [5.41, 5.74) is 0.124. The van der Waals surface area contributed by atoms with E-state index in [4.69, 9.17) is 0 Å². The molecule has 0 radical (unpaired) electrons. The normalized spacial score (nSPS) is 14.4. The Bertz CT molecular complexity index is 949. The molecule has 1 amide bonds. The van der Waals surface area contributed by atoms with Gasteiger partial charge >= 0.3 is 0 Å². The molecule has 27 heavy (non-hydrogen) atoms. The van der Waals surface area contributed by atoms with Crippen LogP contribution in [-0.4, -0.2) is 51.5 Å². The van der Waals surface area contributed by atoms with E-state index in [1.165, 1.54) is 12.1 Å². The molecular weight excluding hydrogens is 345 g/mol. The lowest BCUT2D eigenvalue weighted by Gasteiger charge is -2.35. The zero-order valence-corrected chi connectivity index (χ0v) is 15.0. The highest BCUT2D eigenvalue weighted by Gasteiger charge is 2.25. The number of piperazine rings is 1. The second-order valence-electron chi connectivity index (χ2n) is 6.48. The summed E-state index contributed by atoms with van der Waals surface area (Å²) in [6, 6.07) is 12.0. The number of hydrogen-bond donors (Lipinski definition) is 0. The number of hydrogen-bond acceptors (Lipinski definition) is 4. The van der Waals surface area contributed by atoms with Gasteiger partial charge in [-0.3, -0.25) is 4.79 Å². The maximum atomic E-state index is 13.9. The van der Waals surface area contributed by atoms with Crippen molar-refractivity contribution in [1.82, 2.24) is 19.4 Å². The first-order valence-corrected chi connectivity index (χ1v) is 8.89. The Kier molecular flexibility index (Phi) is 4.58. The lowest BCUT2D eigenvalue weighted by molar-refractivity contribution is 0.0742. The van der Waals surface area contributed by atoms with Crippen LogP contribution in [0.15, 0.2) is 54.9 Å². The number of carbonyl (C=O) groups is 1. The van der Waals surface area contributed by atoms with Crippen molar-refractivity contribution in [2.24, 2.45) is 0 Å². The van der Waals surface area contributed by atoms with E-state index in [0.717, 1.165) is 11.6 Å². The summed E-state index contributed by atoms with van der Waals surface area (Å²) in [5, 5.41) is 0. The molecule has 1 aliphatic heterocycles. The highest BCUT2D eigenvalue weighted by Crippen LogP contribution is 2.19. The van der Waals surface area contributed by atoms with E-state index in [9.17, 15) is 9.18 Å². The quantitative estimate of drug-likeness (QED) is 0.716. The molecule has 1 fully saturated rings. The Morgan fingerprint density at radius 1 is 0.963 bits per heavy atom. The molecule has 3 aromatic rings. The Morgan fingerprint density at radius 3 is 2.33 bits per heavy atom. The van der Waals surface area contributed by atoms with E-state index in [1.54, 1.807) is 17.0 Å². The third kappa shape index (κ3) is 3.53. The van der Waals surface area contributed by atoms with Gasteiger partial charge in [-0.1, -0.05) is 12.1 Å². The Morgan fingerprint density at radius 2 is 1.63 bits per heavy atom. The van der Waals surface area contributed by atoms with E-state index in [0.29, 0.717) is 32.0 Å². The minimum absolute atomic E-state index is 0.124. The Balaban J connectivity index is 1.48. The van der Waals surface area contributed by atoms with Crippen molar-refractivity contribution < 1.29 is 9.18 Å². The topological polar surface area (TPSA) is 54.3 Å².